The van der Waals surface area contributed by atoms with E-state index in [-0.39, 0.29) is 28.8 Å². The van der Waals surface area contributed by atoms with Crippen LogP contribution in [0, 0.1) is 11.3 Å². The van der Waals surface area contributed by atoms with E-state index in [4.69, 9.17) is 10.00 Å². The first-order valence-corrected chi connectivity index (χ1v) is 8.27. The lowest BCUT2D eigenvalue weighted by Gasteiger charge is -2.15. The Morgan fingerprint density at radius 3 is 2.71 bits per heavy atom. The molecule has 8 heteroatoms. The zero-order chi connectivity index (χ0) is 20.3. The van der Waals surface area contributed by atoms with Crippen LogP contribution in [0.25, 0.3) is 10.9 Å². The number of carbonyl (C=O) groups excluding carboxylic acids is 1. The summed E-state index contributed by atoms with van der Waals surface area (Å²) in [6, 6.07) is 11.5. The highest BCUT2D eigenvalue weighted by molar-refractivity contribution is 6.06. The number of benzene rings is 2. The third kappa shape index (κ3) is 3.88. The summed E-state index contributed by atoms with van der Waals surface area (Å²) in [5.74, 6) is -0.715. The third-order valence-corrected chi connectivity index (χ3v) is 3.95. The zero-order valence-corrected chi connectivity index (χ0v) is 14.7. The van der Waals surface area contributed by atoms with Crippen molar-refractivity contribution >= 4 is 28.2 Å². The number of rotatable bonds is 4. The number of hydrogen-bond donors (Lipinski definition) is 1. The second kappa shape index (κ2) is 7.56. The molecule has 0 aliphatic carbocycles. The molecule has 0 fully saturated rings. The van der Waals surface area contributed by atoms with E-state index in [1.165, 1.54) is 18.3 Å². The maximum Gasteiger partial charge on any atom is 0.416 e. The molecule has 0 amide bonds. The van der Waals surface area contributed by atoms with Crippen LogP contribution in [0.2, 0.25) is 0 Å². The van der Waals surface area contributed by atoms with Crippen molar-refractivity contribution in [3.8, 4) is 6.07 Å². The van der Waals surface area contributed by atoms with Crippen molar-refractivity contribution in [1.29, 1.82) is 5.26 Å². The number of carbonyl (C=O) groups is 1. The van der Waals surface area contributed by atoms with Crippen molar-refractivity contribution < 1.29 is 22.7 Å². The Labute approximate surface area is 158 Å². The smallest absolute Gasteiger partial charge is 0.416 e. The minimum absolute atomic E-state index is 0.00367. The highest BCUT2D eigenvalue weighted by Gasteiger charge is 2.31. The molecular weight excluding hydrogens is 371 g/mol. The normalized spacial score (nSPS) is 11.1. The molecule has 1 N–H and O–H groups in total. The number of alkyl halides is 3. The van der Waals surface area contributed by atoms with E-state index in [9.17, 15) is 18.0 Å². The quantitative estimate of drug-likeness (QED) is 0.637. The molecule has 0 radical (unpaired) electrons. The molecule has 3 rings (SSSR count). The number of nitrogens with zero attached hydrogens (tertiary/aromatic N) is 2. The van der Waals surface area contributed by atoms with Gasteiger partial charge in [0, 0.05) is 17.3 Å². The summed E-state index contributed by atoms with van der Waals surface area (Å²) < 4.78 is 44.6. The Hall–Kier alpha value is -3.60. The molecular formula is C20H14F3N3O2. The number of esters is 1. The number of ether oxygens (including phenoxy) is 1. The van der Waals surface area contributed by atoms with Crippen LogP contribution < -0.4 is 5.32 Å². The molecule has 0 aliphatic rings. The van der Waals surface area contributed by atoms with Crippen LogP contribution >= 0.6 is 0 Å². The van der Waals surface area contributed by atoms with Gasteiger partial charge in [0.1, 0.15) is 5.56 Å². The Bertz CT molecular complexity index is 1090. The Morgan fingerprint density at radius 1 is 1.25 bits per heavy atom. The van der Waals surface area contributed by atoms with E-state index < -0.39 is 17.7 Å². The van der Waals surface area contributed by atoms with Crippen LogP contribution in [0.4, 0.5) is 24.5 Å². The average molecular weight is 385 g/mol. The van der Waals surface area contributed by atoms with Crippen molar-refractivity contribution in [3.63, 3.8) is 0 Å². The molecule has 0 atom stereocenters. The third-order valence-electron chi connectivity index (χ3n) is 3.95. The van der Waals surface area contributed by atoms with Crippen LogP contribution in [-0.2, 0) is 10.9 Å². The van der Waals surface area contributed by atoms with E-state index in [1.54, 1.807) is 25.1 Å². The Balaban J connectivity index is 2.22. The van der Waals surface area contributed by atoms with Gasteiger partial charge in [0.15, 0.2) is 0 Å². The number of halogens is 3. The van der Waals surface area contributed by atoms with Crippen LogP contribution in [0.1, 0.15) is 28.4 Å². The first-order valence-electron chi connectivity index (χ1n) is 8.27. The molecule has 1 heterocycles. The van der Waals surface area contributed by atoms with Crippen LogP contribution in [0.5, 0.6) is 0 Å². The number of aromatic nitrogens is 1. The SMILES string of the molecule is CCOC(=O)c1cnc2ccc(C(F)(F)F)cc2c1Nc1cccc(C#N)c1. The number of fused-ring (bicyclic) bond motifs is 1. The number of nitrogens with one attached hydrogen (secondary N) is 1. The summed E-state index contributed by atoms with van der Waals surface area (Å²) in [4.78, 5) is 16.4. The first kappa shape index (κ1) is 19.2. The Kier molecular flexibility index (Phi) is 5.18. The molecule has 28 heavy (non-hydrogen) atoms. The van der Waals surface area contributed by atoms with E-state index in [2.05, 4.69) is 10.3 Å². The summed E-state index contributed by atoms with van der Waals surface area (Å²) in [5, 5.41) is 12.1. The van der Waals surface area contributed by atoms with Crippen molar-refractivity contribution in [2.45, 2.75) is 13.1 Å². The van der Waals surface area contributed by atoms with Gasteiger partial charge in [-0.25, -0.2) is 4.79 Å². The van der Waals surface area contributed by atoms with Gasteiger partial charge in [-0.05, 0) is 43.3 Å². The van der Waals surface area contributed by atoms with E-state index in [1.807, 2.05) is 6.07 Å². The number of hydrogen-bond acceptors (Lipinski definition) is 5. The van der Waals surface area contributed by atoms with Crippen molar-refractivity contribution in [1.82, 2.24) is 4.98 Å². The molecule has 2 aromatic carbocycles. The largest absolute Gasteiger partial charge is 0.462 e. The molecule has 5 nitrogen and oxygen atoms in total. The summed E-state index contributed by atoms with van der Waals surface area (Å²) in [5.41, 5.74) is 0.337. The van der Waals surface area contributed by atoms with Gasteiger partial charge in [-0.1, -0.05) is 6.07 Å². The molecule has 0 unspecified atom stereocenters. The molecule has 0 saturated carbocycles. The van der Waals surface area contributed by atoms with Crippen LogP contribution in [0.3, 0.4) is 0 Å². The van der Waals surface area contributed by atoms with Gasteiger partial charge in [0.25, 0.3) is 0 Å². The Morgan fingerprint density at radius 2 is 2.04 bits per heavy atom. The van der Waals surface area contributed by atoms with Gasteiger partial charge in [0.2, 0.25) is 0 Å². The second-order valence-corrected chi connectivity index (χ2v) is 5.81. The molecule has 0 aliphatic heterocycles. The predicted molar refractivity (Wildman–Crippen MR) is 97.1 cm³/mol. The van der Waals surface area contributed by atoms with Gasteiger partial charge < -0.3 is 10.1 Å². The minimum atomic E-state index is -4.55. The maximum absolute atomic E-state index is 13.2. The molecule has 0 spiro atoms. The fourth-order valence-electron chi connectivity index (χ4n) is 2.68. The van der Waals surface area contributed by atoms with Gasteiger partial charge >= 0.3 is 12.1 Å². The summed E-state index contributed by atoms with van der Waals surface area (Å²) in [6.07, 6.45) is -3.30. The van der Waals surface area contributed by atoms with Crippen LogP contribution in [0.15, 0.2) is 48.7 Å². The van der Waals surface area contributed by atoms with E-state index in [0.29, 0.717) is 11.3 Å². The maximum atomic E-state index is 13.2. The van der Waals surface area contributed by atoms with E-state index in [0.717, 1.165) is 12.1 Å². The average Bonchev–Trinajstić information content (AvgIpc) is 2.67. The lowest BCUT2D eigenvalue weighted by Crippen LogP contribution is -2.10. The number of anilines is 2. The number of pyridine rings is 1. The second-order valence-electron chi connectivity index (χ2n) is 5.81. The van der Waals surface area contributed by atoms with Crippen molar-refractivity contribution in [2.24, 2.45) is 0 Å². The molecule has 142 valence electrons. The fourth-order valence-corrected chi connectivity index (χ4v) is 2.68. The molecule has 0 bridgehead atoms. The highest BCUT2D eigenvalue weighted by atomic mass is 19.4. The highest BCUT2D eigenvalue weighted by Crippen LogP contribution is 2.35. The molecule has 0 saturated heterocycles. The molecule has 3 aromatic rings. The summed E-state index contributed by atoms with van der Waals surface area (Å²) in [7, 11) is 0. The van der Waals surface area contributed by atoms with Gasteiger partial charge in [-0.2, -0.15) is 18.4 Å². The first-order chi connectivity index (χ1) is 13.3. The van der Waals surface area contributed by atoms with Gasteiger partial charge in [0.05, 0.1) is 35.0 Å². The summed E-state index contributed by atoms with van der Waals surface area (Å²) >= 11 is 0. The number of nitriles is 1. The summed E-state index contributed by atoms with van der Waals surface area (Å²) in [6.45, 7) is 1.72. The zero-order valence-electron chi connectivity index (χ0n) is 14.7. The lowest BCUT2D eigenvalue weighted by molar-refractivity contribution is -0.137. The van der Waals surface area contributed by atoms with Crippen molar-refractivity contribution in [3.05, 3.63) is 65.4 Å². The molecule has 1 aromatic heterocycles. The predicted octanol–water partition coefficient (Wildman–Crippen LogP) is 5.05. The minimum Gasteiger partial charge on any atom is -0.462 e. The van der Waals surface area contributed by atoms with Crippen LogP contribution in [-0.4, -0.2) is 17.6 Å². The standard InChI is InChI=1S/C20H14F3N3O2/c1-2-28-19(27)16-11-25-17-7-6-13(20(21,22)23)9-15(17)18(16)26-14-5-3-4-12(8-14)10-24/h3-9,11H,2H2,1H3,(H,25,26). The van der Waals surface area contributed by atoms with Gasteiger partial charge in [-0.3, -0.25) is 4.98 Å². The van der Waals surface area contributed by atoms with Gasteiger partial charge in [-0.15, -0.1) is 0 Å². The lowest BCUT2D eigenvalue weighted by atomic mass is 10.1. The monoisotopic (exact) mass is 385 g/mol. The topological polar surface area (TPSA) is 75.0 Å². The van der Waals surface area contributed by atoms with Crippen molar-refractivity contribution in [2.75, 3.05) is 11.9 Å². The van der Waals surface area contributed by atoms with E-state index >= 15 is 0 Å². The fraction of sp³-hybridized carbons (Fsp3) is 0.150.